The maximum atomic E-state index is 8.83. The highest BCUT2D eigenvalue weighted by atomic mass is 14.8. The molecule has 0 heterocycles. The zero-order valence-electron chi connectivity index (χ0n) is 7.30. The van der Waals surface area contributed by atoms with Crippen molar-refractivity contribution in [2.45, 2.75) is 38.6 Å². The van der Waals surface area contributed by atoms with Crippen LogP contribution in [0, 0.1) is 23.2 Å². The first kappa shape index (κ1) is 8.55. The average Bonchev–Trinajstić information content (AvgIpc) is 1.98. The Morgan fingerprint density at radius 3 is 2.64 bits per heavy atom. The second-order valence-electron chi connectivity index (χ2n) is 3.93. The molecule has 2 N–H and O–H groups in total. The van der Waals surface area contributed by atoms with Gasteiger partial charge in [-0.15, -0.1) is 0 Å². The summed E-state index contributed by atoms with van der Waals surface area (Å²) in [4.78, 5) is 0. The van der Waals surface area contributed by atoms with Crippen LogP contribution in [0.2, 0.25) is 0 Å². The van der Waals surface area contributed by atoms with Gasteiger partial charge >= 0.3 is 0 Å². The van der Waals surface area contributed by atoms with Crippen molar-refractivity contribution in [3.8, 4) is 6.07 Å². The van der Waals surface area contributed by atoms with E-state index in [1.165, 1.54) is 0 Å². The van der Waals surface area contributed by atoms with Crippen molar-refractivity contribution in [1.82, 2.24) is 0 Å². The van der Waals surface area contributed by atoms with Crippen LogP contribution in [0.5, 0.6) is 0 Å². The van der Waals surface area contributed by atoms with Gasteiger partial charge in [0, 0.05) is 0 Å². The third-order valence-electron chi connectivity index (χ3n) is 2.89. The van der Waals surface area contributed by atoms with Gasteiger partial charge in [-0.1, -0.05) is 13.8 Å². The first-order chi connectivity index (χ1) is 5.08. The lowest BCUT2D eigenvalue weighted by atomic mass is 9.71. The van der Waals surface area contributed by atoms with E-state index in [0.29, 0.717) is 5.92 Å². The SMILES string of the molecule is CC1CCC(N)(C#N)C(C)C1. The molecule has 0 spiro atoms. The van der Waals surface area contributed by atoms with Gasteiger partial charge in [0.2, 0.25) is 0 Å². The molecule has 0 radical (unpaired) electrons. The number of nitrogens with two attached hydrogens (primary N) is 1. The van der Waals surface area contributed by atoms with Gasteiger partial charge < -0.3 is 5.73 Å². The van der Waals surface area contributed by atoms with Crippen molar-refractivity contribution in [2.24, 2.45) is 17.6 Å². The molecular weight excluding hydrogens is 136 g/mol. The molecule has 2 nitrogen and oxygen atoms in total. The van der Waals surface area contributed by atoms with E-state index in [0.717, 1.165) is 25.2 Å². The molecule has 1 aliphatic carbocycles. The highest BCUT2D eigenvalue weighted by molar-refractivity contribution is 5.09. The van der Waals surface area contributed by atoms with E-state index in [2.05, 4.69) is 19.9 Å². The van der Waals surface area contributed by atoms with Crippen LogP contribution in [0.25, 0.3) is 0 Å². The van der Waals surface area contributed by atoms with Gasteiger partial charge in [-0.2, -0.15) is 5.26 Å². The predicted molar refractivity (Wildman–Crippen MR) is 44.7 cm³/mol. The van der Waals surface area contributed by atoms with E-state index in [1.54, 1.807) is 0 Å². The van der Waals surface area contributed by atoms with Crippen LogP contribution in [0.15, 0.2) is 0 Å². The van der Waals surface area contributed by atoms with Gasteiger partial charge in [-0.05, 0) is 31.1 Å². The van der Waals surface area contributed by atoms with Crippen LogP contribution in [-0.4, -0.2) is 5.54 Å². The molecule has 3 unspecified atom stereocenters. The molecule has 62 valence electrons. The summed E-state index contributed by atoms with van der Waals surface area (Å²) in [6, 6.07) is 2.23. The molecule has 0 bridgehead atoms. The fraction of sp³-hybridized carbons (Fsp3) is 0.889. The minimum Gasteiger partial charge on any atom is -0.313 e. The Morgan fingerprint density at radius 1 is 1.55 bits per heavy atom. The van der Waals surface area contributed by atoms with Crippen LogP contribution in [0.3, 0.4) is 0 Å². The van der Waals surface area contributed by atoms with Crippen molar-refractivity contribution < 1.29 is 0 Å². The summed E-state index contributed by atoms with van der Waals surface area (Å²) in [6.07, 6.45) is 3.07. The zero-order chi connectivity index (χ0) is 8.48. The normalized spacial score (nSPS) is 44.9. The Kier molecular flexibility index (Phi) is 2.20. The summed E-state index contributed by atoms with van der Waals surface area (Å²) >= 11 is 0. The van der Waals surface area contributed by atoms with Gasteiger partial charge in [0.15, 0.2) is 0 Å². The summed E-state index contributed by atoms with van der Waals surface area (Å²) in [5, 5.41) is 8.83. The van der Waals surface area contributed by atoms with E-state index in [4.69, 9.17) is 11.0 Å². The van der Waals surface area contributed by atoms with Crippen LogP contribution < -0.4 is 5.73 Å². The molecule has 11 heavy (non-hydrogen) atoms. The summed E-state index contributed by atoms with van der Waals surface area (Å²) in [7, 11) is 0. The molecule has 1 rings (SSSR count). The third-order valence-corrected chi connectivity index (χ3v) is 2.89. The maximum Gasteiger partial charge on any atom is 0.106 e. The topological polar surface area (TPSA) is 49.8 Å². The summed E-state index contributed by atoms with van der Waals surface area (Å²) in [5.74, 6) is 1.10. The Hall–Kier alpha value is -0.550. The molecule has 0 aromatic heterocycles. The highest BCUT2D eigenvalue weighted by Crippen LogP contribution is 2.34. The molecule has 1 aliphatic rings. The fourth-order valence-electron chi connectivity index (χ4n) is 1.83. The van der Waals surface area contributed by atoms with E-state index in [1.807, 2.05) is 0 Å². The lowest BCUT2D eigenvalue weighted by molar-refractivity contribution is 0.212. The highest BCUT2D eigenvalue weighted by Gasteiger charge is 2.36. The van der Waals surface area contributed by atoms with Crippen molar-refractivity contribution in [2.75, 3.05) is 0 Å². The first-order valence-corrected chi connectivity index (χ1v) is 4.28. The van der Waals surface area contributed by atoms with Crippen molar-refractivity contribution in [1.29, 1.82) is 5.26 Å². The number of nitrogens with zero attached hydrogens (tertiary/aromatic N) is 1. The Balaban J connectivity index is 2.66. The molecule has 3 atom stereocenters. The maximum absolute atomic E-state index is 8.83. The van der Waals surface area contributed by atoms with Crippen LogP contribution in [-0.2, 0) is 0 Å². The van der Waals surface area contributed by atoms with Gasteiger partial charge in [0.25, 0.3) is 0 Å². The second-order valence-corrected chi connectivity index (χ2v) is 3.93. The molecule has 0 amide bonds. The summed E-state index contributed by atoms with van der Waals surface area (Å²) < 4.78 is 0. The average molecular weight is 152 g/mol. The zero-order valence-corrected chi connectivity index (χ0v) is 7.30. The number of hydrogen-bond acceptors (Lipinski definition) is 2. The largest absolute Gasteiger partial charge is 0.313 e. The molecule has 0 aromatic carbocycles. The van der Waals surface area contributed by atoms with E-state index in [9.17, 15) is 0 Å². The first-order valence-electron chi connectivity index (χ1n) is 4.28. The molecule has 2 heteroatoms. The summed E-state index contributed by atoms with van der Waals surface area (Å²) in [6.45, 7) is 4.31. The molecule has 0 saturated heterocycles. The monoisotopic (exact) mass is 152 g/mol. The minimum absolute atomic E-state index is 0.358. The number of nitriles is 1. The third kappa shape index (κ3) is 1.54. The van der Waals surface area contributed by atoms with Crippen LogP contribution in [0.4, 0.5) is 0 Å². The van der Waals surface area contributed by atoms with Crippen molar-refractivity contribution in [3.63, 3.8) is 0 Å². The van der Waals surface area contributed by atoms with Crippen LogP contribution >= 0.6 is 0 Å². The molecule has 0 aliphatic heterocycles. The van der Waals surface area contributed by atoms with Crippen LogP contribution in [0.1, 0.15) is 33.1 Å². The molecule has 1 fully saturated rings. The Bertz CT molecular complexity index is 182. The quantitative estimate of drug-likeness (QED) is 0.574. The van der Waals surface area contributed by atoms with E-state index in [-0.39, 0.29) is 0 Å². The Labute approximate surface area is 68.4 Å². The Morgan fingerprint density at radius 2 is 2.18 bits per heavy atom. The van der Waals surface area contributed by atoms with Gasteiger partial charge in [0.05, 0.1) is 6.07 Å². The van der Waals surface area contributed by atoms with E-state index < -0.39 is 5.54 Å². The molecule has 0 aromatic rings. The predicted octanol–water partition coefficient (Wildman–Crippen LogP) is 1.66. The lowest BCUT2D eigenvalue weighted by Crippen LogP contribution is -2.48. The minimum atomic E-state index is -0.535. The standard InChI is InChI=1S/C9H16N2/c1-7-3-4-9(11,6-10)8(2)5-7/h7-8H,3-5,11H2,1-2H3. The molecular formula is C9H16N2. The fourth-order valence-corrected chi connectivity index (χ4v) is 1.83. The number of rotatable bonds is 0. The lowest BCUT2D eigenvalue weighted by Gasteiger charge is -2.36. The summed E-state index contributed by atoms with van der Waals surface area (Å²) in [5.41, 5.74) is 5.37. The van der Waals surface area contributed by atoms with E-state index >= 15 is 0 Å². The number of hydrogen-bond donors (Lipinski definition) is 1. The van der Waals surface area contributed by atoms with Gasteiger partial charge in [-0.3, -0.25) is 0 Å². The van der Waals surface area contributed by atoms with Gasteiger partial charge in [0.1, 0.15) is 5.54 Å². The smallest absolute Gasteiger partial charge is 0.106 e. The van der Waals surface area contributed by atoms with Crippen molar-refractivity contribution >= 4 is 0 Å². The molecule has 1 saturated carbocycles. The second kappa shape index (κ2) is 2.83. The van der Waals surface area contributed by atoms with Crippen molar-refractivity contribution in [3.05, 3.63) is 0 Å². The van der Waals surface area contributed by atoms with Gasteiger partial charge in [-0.25, -0.2) is 0 Å².